The van der Waals surface area contributed by atoms with Crippen LogP contribution in [0.15, 0.2) is 24.3 Å². The molecule has 0 aromatic heterocycles. The van der Waals surface area contributed by atoms with Gasteiger partial charge in [0.05, 0.1) is 6.10 Å². The Morgan fingerprint density at radius 3 is 2.36 bits per heavy atom. The smallest absolute Gasteiger partial charge is 0.187 e. The molecule has 2 fully saturated rings. The van der Waals surface area contributed by atoms with E-state index < -0.39 is 0 Å². The van der Waals surface area contributed by atoms with E-state index in [0.717, 1.165) is 16.5 Å². The molecule has 1 nitrogen and oxygen atoms in total. The van der Waals surface area contributed by atoms with Gasteiger partial charge in [-0.15, -0.1) is 23.5 Å². The average molecular weight is 245 g/mol. The molecule has 14 heavy (non-hydrogen) atoms. The van der Waals surface area contributed by atoms with Crippen molar-refractivity contribution in [3.05, 3.63) is 34.9 Å². The number of hydrogen-bond acceptors (Lipinski definition) is 3. The lowest BCUT2D eigenvalue weighted by molar-refractivity contribution is 0.0768. The minimum Gasteiger partial charge on any atom is -0.346 e. The molecule has 0 N–H and O–H groups in total. The van der Waals surface area contributed by atoms with Gasteiger partial charge >= 0.3 is 0 Å². The third kappa shape index (κ3) is 1.38. The van der Waals surface area contributed by atoms with Gasteiger partial charge in [0.1, 0.15) is 0 Å². The van der Waals surface area contributed by atoms with Gasteiger partial charge < -0.3 is 4.74 Å². The van der Waals surface area contributed by atoms with Gasteiger partial charge in [0.15, 0.2) is 4.27 Å². The van der Waals surface area contributed by atoms with Crippen molar-refractivity contribution in [1.82, 2.24) is 0 Å². The van der Waals surface area contributed by atoms with Crippen LogP contribution in [0.5, 0.6) is 0 Å². The molecule has 0 unspecified atom stereocenters. The SMILES string of the molecule is Clc1ccc(C23OC(CS2)CS3)cc1. The van der Waals surface area contributed by atoms with Crippen LogP contribution < -0.4 is 0 Å². The van der Waals surface area contributed by atoms with Gasteiger partial charge in [-0.05, 0) is 12.1 Å². The number of hydrogen-bond donors (Lipinski definition) is 0. The lowest BCUT2D eigenvalue weighted by Gasteiger charge is -2.23. The Labute approximate surface area is 96.5 Å². The molecule has 74 valence electrons. The predicted molar refractivity (Wildman–Crippen MR) is 62.9 cm³/mol. The maximum Gasteiger partial charge on any atom is 0.187 e. The van der Waals surface area contributed by atoms with Crippen molar-refractivity contribution in [1.29, 1.82) is 0 Å². The van der Waals surface area contributed by atoms with Gasteiger partial charge in [-0.1, -0.05) is 23.7 Å². The molecule has 0 radical (unpaired) electrons. The monoisotopic (exact) mass is 244 g/mol. The second-order valence-electron chi connectivity index (χ2n) is 3.42. The Hall–Kier alpha value is 0.170. The van der Waals surface area contributed by atoms with Crippen LogP contribution in [-0.4, -0.2) is 17.6 Å². The summed E-state index contributed by atoms with van der Waals surface area (Å²) in [4.78, 5) is 0. The fourth-order valence-electron chi connectivity index (χ4n) is 1.74. The van der Waals surface area contributed by atoms with Crippen molar-refractivity contribution in [2.75, 3.05) is 11.5 Å². The first-order chi connectivity index (χ1) is 6.78. The van der Waals surface area contributed by atoms with E-state index in [0.29, 0.717) is 6.10 Å². The largest absolute Gasteiger partial charge is 0.346 e. The minimum absolute atomic E-state index is 0.130. The first kappa shape index (κ1) is 9.40. The lowest BCUT2D eigenvalue weighted by atomic mass is 10.2. The molecular formula is C10H9ClOS2. The molecule has 0 amide bonds. The average Bonchev–Trinajstić information content (AvgIpc) is 2.79. The fraction of sp³-hybridized carbons (Fsp3) is 0.400. The molecule has 2 aliphatic heterocycles. The van der Waals surface area contributed by atoms with Crippen LogP contribution in [0.1, 0.15) is 5.56 Å². The van der Waals surface area contributed by atoms with E-state index in [-0.39, 0.29) is 4.27 Å². The standard InChI is InChI=1S/C10H9ClOS2/c11-8-3-1-7(2-4-8)10-12-9(5-13-10)6-14-10/h1-4,9H,5-6H2. The van der Waals surface area contributed by atoms with Crippen LogP contribution in [0.2, 0.25) is 5.02 Å². The van der Waals surface area contributed by atoms with E-state index >= 15 is 0 Å². The summed E-state index contributed by atoms with van der Waals surface area (Å²) in [6.07, 6.45) is 0.445. The summed E-state index contributed by atoms with van der Waals surface area (Å²) in [6, 6.07) is 8.00. The minimum atomic E-state index is -0.130. The van der Waals surface area contributed by atoms with Crippen molar-refractivity contribution in [2.24, 2.45) is 0 Å². The highest BCUT2D eigenvalue weighted by molar-refractivity contribution is 8.18. The van der Waals surface area contributed by atoms with E-state index in [4.69, 9.17) is 16.3 Å². The number of thioether (sulfide) groups is 2. The van der Waals surface area contributed by atoms with Gasteiger partial charge in [0.2, 0.25) is 0 Å². The Morgan fingerprint density at radius 2 is 1.86 bits per heavy atom. The molecule has 0 spiro atoms. The van der Waals surface area contributed by atoms with E-state index in [2.05, 4.69) is 12.1 Å². The number of ether oxygens (including phenoxy) is 1. The second kappa shape index (κ2) is 3.34. The molecular weight excluding hydrogens is 236 g/mol. The van der Waals surface area contributed by atoms with Gasteiger partial charge in [0, 0.05) is 22.1 Å². The van der Waals surface area contributed by atoms with Crippen LogP contribution in [-0.2, 0) is 9.00 Å². The quantitative estimate of drug-likeness (QED) is 0.750. The van der Waals surface area contributed by atoms with Crippen molar-refractivity contribution in [3.8, 4) is 0 Å². The molecule has 2 saturated heterocycles. The van der Waals surface area contributed by atoms with Crippen LogP contribution in [0.3, 0.4) is 0 Å². The molecule has 2 aliphatic rings. The Bertz CT molecular complexity index is 344. The van der Waals surface area contributed by atoms with Crippen LogP contribution in [0.25, 0.3) is 0 Å². The summed E-state index contributed by atoms with van der Waals surface area (Å²) in [7, 11) is 0. The summed E-state index contributed by atoms with van der Waals surface area (Å²) in [5.74, 6) is 2.24. The number of fused-ring (bicyclic) bond motifs is 2. The highest BCUT2D eigenvalue weighted by atomic mass is 35.5. The zero-order valence-corrected chi connectivity index (χ0v) is 9.79. The highest BCUT2D eigenvalue weighted by Gasteiger charge is 2.49. The molecule has 0 aliphatic carbocycles. The van der Waals surface area contributed by atoms with Crippen molar-refractivity contribution < 1.29 is 4.74 Å². The molecule has 3 rings (SSSR count). The maximum atomic E-state index is 5.97. The van der Waals surface area contributed by atoms with Gasteiger partial charge in [-0.2, -0.15) is 0 Å². The van der Waals surface area contributed by atoms with Crippen LogP contribution >= 0.6 is 35.1 Å². The summed E-state index contributed by atoms with van der Waals surface area (Å²) < 4.78 is 5.84. The third-order valence-electron chi connectivity index (χ3n) is 2.44. The Morgan fingerprint density at radius 1 is 1.21 bits per heavy atom. The number of rotatable bonds is 1. The summed E-state index contributed by atoms with van der Waals surface area (Å²) in [6.45, 7) is 0. The Balaban J connectivity index is 1.98. The van der Waals surface area contributed by atoms with E-state index in [9.17, 15) is 0 Å². The molecule has 4 heteroatoms. The number of benzene rings is 1. The maximum absolute atomic E-state index is 5.97. The molecule has 0 atom stereocenters. The first-order valence-corrected chi connectivity index (χ1v) is 6.85. The van der Waals surface area contributed by atoms with Gasteiger partial charge in [0.25, 0.3) is 0 Å². The van der Waals surface area contributed by atoms with Gasteiger partial charge in [-0.25, -0.2) is 0 Å². The molecule has 1 aromatic rings. The van der Waals surface area contributed by atoms with Crippen LogP contribution in [0.4, 0.5) is 0 Å². The van der Waals surface area contributed by atoms with E-state index in [1.54, 1.807) is 0 Å². The summed E-state index contributed by atoms with van der Waals surface area (Å²) >= 11 is 9.66. The van der Waals surface area contributed by atoms with Crippen LogP contribution in [0, 0.1) is 0 Å². The molecule has 0 saturated carbocycles. The second-order valence-corrected chi connectivity index (χ2v) is 6.51. The number of halogens is 1. The van der Waals surface area contributed by atoms with E-state index in [1.807, 2.05) is 35.7 Å². The van der Waals surface area contributed by atoms with Crippen molar-refractivity contribution in [2.45, 2.75) is 10.4 Å². The van der Waals surface area contributed by atoms with Gasteiger partial charge in [-0.3, -0.25) is 0 Å². The zero-order chi connectivity index (χ0) is 9.60. The summed E-state index contributed by atoms with van der Waals surface area (Å²) in [5.41, 5.74) is 1.23. The molecule has 2 heterocycles. The topological polar surface area (TPSA) is 9.23 Å². The lowest BCUT2D eigenvalue weighted by Crippen LogP contribution is -2.12. The molecule has 2 bridgehead atoms. The zero-order valence-electron chi connectivity index (χ0n) is 7.40. The Kier molecular flexibility index (Phi) is 2.24. The van der Waals surface area contributed by atoms with Crippen molar-refractivity contribution in [3.63, 3.8) is 0 Å². The van der Waals surface area contributed by atoms with E-state index in [1.165, 1.54) is 5.56 Å². The first-order valence-electron chi connectivity index (χ1n) is 4.50. The van der Waals surface area contributed by atoms with Crippen molar-refractivity contribution >= 4 is 35.1 Å². The summed E-state index contributed by atoms with van der Waals surface area (Å²) in [5, 5.41) is 0.785. The predicted octanol–water partition coefficient (Wildman–Crippen LogP) is 3.33. The fourth-order valence-corrected chi connectivity index (χ4v) is 4.95. The normalized spacial score (nSPS) is 35.1. The third-order valence-corrected chi connectivity index (χ3v) is 5.90. The highest BCUT2D eigenvalue weighted by Crippen LogP contribution is 2.58. The molecule has 1 aromatic carbocycles.